The molecule has 7 heteroatoms. The van der Waals surface area contributed by atoms with E-state index in [1.54, 1.807) is 0 Å². The SMILES string of the molecule is CS(=O)(=O)Nc1nnc(C2(c3ccccc3)CC2)s1. The molecule has 1 aromatic heterocycles. The summed E-state index contributed by atoms with van der Waals surface area (Å²) in [4.78, 5) is 0. The Morgan fingerprint density at radius 3 is 2.47 bits per heavy atom. The van der Waals surface area contributed by atoms with Gasteiger partial charge in [0.05, 0.1) is 6.26 Å². The van der Waals surface area contributed by atoms with Crippen molar-refractivity contribution in [2.75, 3.05) is 11.0 Å². The number of hydrogen-bond donors (Lipinski definition) is 1. The molecule has 5 nitrogen and oxygen atoms in total. The molecular formula is C12H13N3O2S2. The Balaban J connectivity index is 1.92. The lowest BCUT2D eigenvalue weighted by atomic mass is 9.97. The predicted octanol–water partition coefficient (Wildman–Crippen LogP) is 1.99. The van der Waals surface area contributed by atoms with Crippen LogP contribution in [0.4, 0.5) is 5.13 Å². The van der Waals surface area contributed by atoms with Crippen molar-refractivity contribution in [3.05, 3.63) is 40.9 Å². The second-order valence-corrected chi connectivity index (χ2v) is 7.46. The van der Waals surface area contributed by atoms with Crippen molar-refractivity contribution in [2.45, 2.75) is 18.3 Å². The summed E-state index contributed by atoms with van der Waals surface area (Å²) in [5, 5.41) is 9.28. The van der Waals surface area contributed by atoms with Crippen LogP contribution in [0.5, 0.6) is 0 Å². The van der Waals surface area contributed by atoms with Crippen molar-refractivity contribution in [3.63, 3.8) is 0 Å². The van der Waals surface area contributed by atoms with Crippen LogP contribution < -0.4 is 4.72 Å². The van der Waals surface area contributed by atoms with E-state index < -0.39 is 10.0 Å². The molecule has 3 rings (SSSR count). The van der Waals surface area contributed by atoms with Gasteiger partial charge in [-0.25, -0.2) is 8.42 Å². The number of nitrogens with zero attached hydrogens (tertiary/aromatic N) is 2. The van der Waals surface area contributed by atoms with Crippen LogP contribution in [0.25, 0.3) is 0 Å². The van der Waals surface area contributed by atoms with Gasteiger partial charge >= 0.3 is 0 Å². The van der Waals surface area contributed by atoms with Gasteiger partial charge in [0.15, 0.2) is 0 Å². The molecule has 1 heterocycles. The number of anilines is 1. The largest absolute Gasteiger partial charge is 0.257 e. The van der Waals surface area contributed by atoms with Gasteiger partial charge in [-0.1, -0.05) is 41.7 Å². The van der Waals surface area contributed by atoms with E-state index in [0.29, 0.717) is 5.13 Å². The van der Waals surface area contributed by atoms with Crippen LogP contribution in [0.1, 0.15) is 23.4 Å². The zero-order chi connectivity index (χ0) is 13.5. The second-order valence-electron chi connectivity index (χ2n) is 4.73. The molecule has 1 saturated carbocycles. The molecule has 0 spiro atoms. The first kappa shape index (κ1) is 12.6. The highest BCUT2D eigenvalue weighted by molar-refractivity contribution is 7.92. The van der Waals surface area contributed by atoms with Gasteiger partial charge in [-0.3, -0.25) is 4.72 Å². The van der Waals surface area contributed by atoms with Crippen LogP contribution in [0.2, 0.25) is 0 Å². The van der Waals surface area contributed by atoms with Crippen molar-refractivity contribution in [1.29, 1.82) is 0 Å². The number of rotatable bonds is 4. The van der Waals surface area contributed by atoms with Gasteiger partial charge < -0.3 is 0 Å². The summed E-state index contributed by atoms with van der Waals surface area (Å²) in [6.45, 7) is 0. The first-order valence-corrected chi connectivity index (χ1v) is 8.58. The summed E-state index contributed by atoms with van der Waals surface area (Å²) in [7, 11) is -3.30. The number of aromatic nitrogens is 2. The number of sulfonamides is 1. The topological polar surface area (TPSA) is 72.0 Å². The highest BCUT2D eigenvalue weighted by Crippen LogP contribution is 2.54. The maximum absolute atomic E-state index is 11.2. The van der Waals surface area contributed by atoms with Crippen molar-refractivity contribution in [2.24, 2.45) is 0 Å². The van der Waals surface area contributed by atoms with Crippen LogP contribution in [-0.4, -0.2) is 24.9 Å². The number of hydrogen-bond acceptors (Lipinski definition) is 5. The lowest BCUT2D eigenvalue weighted by Crippen LogP contribution is -2.09. The summed E-state index contributed by atoms with van der Waals surface area (Å²) < 4.78 is 24.7. The first-order valence-electron chi connectivity index (χ1n) is 5.87. The average Bonchev–Trinajstić information content (AvgIpc) is 3.05. The van der Waals surface area contributed by atoms with Crippen LogP contribution >= 0.6 is 11.3 Å². The van der Waals surface area contributed by atoms with E-state index in [-0.39, 0.29) is 5.41 Å². The van der Waals surface area contributed by atoms with Crippen LogP contribution in [-0.2, 0) is 15.4 Å². The Labute approximate surface area is 115 Å². The summed E-state index contributed by atoms with van der Waals surface area (Å²) in [6, 6.07) is 10.2. The third-order valence-electron chi connectivity index (χ3n) is 3.18. The molecule has 0 aliphatic heterocycles. The minimum atomic E-state index is -3.30. The molecule has 2 aromatic rings. The van der Waals surface area contributed by atoms with Crippen molar-refractivity contribution in [1.82, 2.24) is 10.2 Å². The fourth-order valence-corrected chi connectivity index (χ4v) is 3.97. The molecule has 100 valence electrons. The van der Waals surface area contributed by atoms with Crippen LogP contribution in [0.15, 0.2) is 30.3 Å². The highest BCUT2D eigenvalue weighted by atomic mass is 32.2. The van der Waals surface area contributed by atoms with Crippen molar-refractivity contribution >= 4 is 26.5 Å². The number of nitrogens with one attached hydrogen (secondary N) is 1. The molecule has 1 fully saturated rings. The molecule has 0 atom stereocenters. The molecule has 0 bridgehead atoms. The Hall–Kier alpha value is -1.47. The molecular weight excluding hydrogens is 282 g/mol. The minimum absolute atomic E-state index is 0.0592. The fourth-order valence-electron chi connectivity index (χ4n) is 2.12. The van der Waals surface area contributed by atoms with E-state index in [4.69, 9.17) is 0 Å². The molecule has 0 unspecified atom stereocenters. The standard InChI is InChI=1S/C12H13N3O2S2/c1-19(16,17)15-11-14-13-10(18-11)12(7-8-12)9-5-3-2-4-6-9/h2-6H,7-8H2,1H3,(H,14,15). The smallest absolute Gasteiger partial charge is 0.231 e. The lowest BCUT2D eigenvalue weighted by molar-refractivity contribution is 0.606. The maximum Gasteiger partial charge on any atom is 0.231 e. The minimum Gasteiger partial charge on any atom is -0.257 e. The summed E-state index contributed by atoms with van der Waals surface area (Å²) in [5.74, 6) is 0. The van der Waals surface area contributed by atoms with Gasteiger partial charge in [0, 0.05) is 5.41 Å². The van der Waals surface area contributed by atoms with Gasteiger partial charge in [-0.2, -0.15) is 0 Å². The average molecular weight is 295 g/mol. The zero-order valence-electron chi connectivity index (χ0n) is 10.3. The van der Waals surface area contributed by atoms with Crippen molar-refractivity contribution in [3.8, 4) is 0 Å². The van der Waals surface area contributed by atoms with Crippen molar-refractivity contribution < 1.29 is 8.42 Å². The molecule has 1 aromatic carbocycles. The summed E-state index contributed by atoms with van der Waals surface area (Å²) in [5.41, 5.74) is 1.16. The quantitative estimate of drug-likeness (QED) is 0.936. The van der Waals surface area contributed by atoms with E-state index in [2.05, 4.69) is 27.1 Å². The van der Waals surface area contributed by atoms with E-state index in [1.165, 1.54) is 16.9 Å². The molecule has 0 saturated heterocycles. The molecule has 1 aliphatic carbocycles. The normalized spacial score (nSPS) is 17.1. The van der Waals surface area contributed by atoms with Gasteiger partial charge in [0.25, 0.3) is 0 Å². The number of benzene rings is 1. The van der Waals surface area contributed by atoms with Crippen LogP contribution in [0.3, 0.4) is 0 Å². The second kappa shape index (κ2) is 4.28. The van der Waals surface area contributed by atoms with E-state index in [0.717, 1.165) is 24.1 Å². The molecule has 0 radical (unpaired) electrons. The lowest BCUT2D eigenvalue weighted by Gasteiger charge is -2.10. The summed E-state index contributed by atoms with van der Waals surface area (Å²) >= 11 is 1.31. The molecule has 0 amide bonds. The Bertz CT molecular complexity index is 691. The third-order valence-corrected chi connectivity index (χ3v) is 4.92. The van der Waals surface area contributed by atoms with E-state index in [9.17, 15) is 8.42 Å². The van der Waals surface area contributed by atoms with E-state index >= 15 is 0 Å². The van der Waals surface area contributed by atoms with Gasteiger partial charge in [-0.15, -0.1) is 10.2 Å². The van der Waals surface area contributed by atoms with Gasteiger partial charge in [-0.05, 0) is 18.4 Å². The maximum atomic E-state index is 11.2. The van der Waals surface area contributed by atoms with Crippen LogP contribution in [0, 0.1) is 0 Å². The zero-order valence-corrected chi connectivity index (χ0v) is 12.0. The Morgan fingerprint density at radius 2 is 1.89 bits per heavy atom. The molecule has 19 heavy (non-hydrogen) atoms. The van der Waals surface area contributed by atoms with Gasteiger partial charge in [0.1, 0.15) is 5.01 Å². The monoisotopic (exact) mass is 295 g/mol. The predicted molar refractivity (Wildman–Crippen MR) is 74.8 cm³/mol. The Morgan fingerprint density at radius 1 is 1.21 bits per heavy atom. The summed E-state index contributed by atoms with van der Waals surface area (Å²) in [6.07, 6.45) is 3.17. The Kier molecular flexibility index (Phi) is 2.83. The van der Waals surface area contributed by atoms with Gasteiger partial charge in [0.2, 0.25) is 15.2 Å². The first-order chi connectivity index (χ1) is 9.00. The van der Waals surface area contributed by atoms with E-state index in [1.807, 2.05) is 18.2 Å². The molecule has 1 aliphatic rings. The fraction of sp³-hybridized carbons (Fsp3) is 0.333. The third kappa shape index (κ3) is 2.48. The molecule has 1 N–H and O–H groups in total. The highest BCUT2D eigenvalue weighted by Gasteiger charge is 2.48.